The fraction of sp³-hybridized carbons (Fsp3) is 0.182. The predicted octanol–water partition coefficient (Wildman–Crippen LogP) is 4.46. The van der Waals surface area contributed by atoms with Gasteiger partial charge < -0.3 is 10.1 Å². The molecule has 146 valence electrons. The van der Waals surface area contributed by atoms with E-state index in [9.17, 15) is 8.42 Å². The van der Waals surface area contributed by atoms with Crippen molar-refractivity contribution in [2.24, 2.45) is 0 Å². The van der Waals surface area contributed by atoms with Crippen LogP contribution in [0.3, 0.4) is 0 Å². The molecule has 0 fully saturated rings. The van der Waals surface area contributed by atoms with Crippen LogP contribution in [-0.4, -0.2) is 22.1 Å². The lowest BCUT2D eigenvalue weighted by Gasteiger charge is -2.12. The van der Waals surface area contributed by atoms with E-state index in [1.54, 1.807) is 44.4 Å². The first-order valence-corrected chi connectivity index (χ1v) is 10.5. The van der Waals surface area contributed by atoms with Crippen molar-refractivity contribution in [3.63, 3.8) is 0 Å². The van der Waals surface area contributed by atoms with Crippen LogP contribution < -0.4 is 14.8 Å². The highest BCUT2D eigenvalue weighted by molar-refractivity contribution is 7.92. The lowest BCUT2D eigenvalue weighted by Crippen LogP contribution is -2.14. The van der Waals surface area contributed by atoms with Gasteiger partial charge in [-0.05, 0) is 66.9 Å². The van der Waals surface area contributed by atoms with Crippen molar-refractivity contribution in [2.45, 2.75) is 18.2 Å². The molecule has 0 aliphatic carbocycles. The number of rotatable bonds is 8. The average molecular weight is 397 g/mol. The summed E-state index contributed by atoms with van der Waals surface area (Å²) in [5, 5.41) is 3.35. The summed E-state index contributed by atoms with van der Waals surface area (Å²) >= 11 is 0. The number of aryl methyl sites for hydroxylation is 1. The molecule has 0 saturated carbocycles. The number of methoxy groups -OCH3 is 1. The minimum absolute atomic E-state index is 0.235. The summed E-state index contributed by atoms with van der Waals surface area (Å²) in [4.78, 5) is 0.235. The second-order valence-electron chi connectivity index (χ2n) is 6.48. The molecule has 0 amide bonds. The predicted molar refractivity (Wildman–Crippen MR) is 114 cm³/mol. The maximum atomic E-state index is 12.7. The van der Waals surface area contributed by atoms with E-state index in [2.05, 4.69) is 22.2 Å². The van der Waals surface area contributed by atoms with Gasteiger partial charge >= 0.3 is 0 Å². The lowest BCUT2D eigenvalue weighted by atomic mass is 10.1. The molecule has 0 heterocycles. The highest BCUT2D eigenvalue weighted by atomic mass is 32.2. The van der Waals surface area contributed by atoms with Gasteiger partial charge in [0, 0.05) is 17.9 Å². The van der Waals surface area contributed by atoms with Crippen LogP contribution in [0.4, 0.5) is 11.4 Å². The van der Waals surface area contributed by atoms with Gasteiger partial charge in [-0.3, -0.25) is 4.72 Å². The summed E-state index contributed by atoms with van der Waals surface area (Å²) in [7, 11) is -2.11. The van der Waals surface area contributed by atoms with Crippen LogP contribution in [-0.2, 0) is 16.4 Å². The number of hydrogen-bond acceptors (Lipinski definition) is 4. The minimum Gasteiger partial charge on any atom is -0.497 e. The second-order valence-corrected chi connectivity index (χ2v) is 8.13. The molecule has 0 saturated heterocycles. The van der Waals surface area contributed by atoms with E-state index >= 15 is 0 Å². The first-order valence-electron chi connectivity index (χ1n) is 9.03. The molecule has 0 aliphatic rings. The number of nitrogens with one attached hydrogen (secondary N) is 2. The summed E-state index contributed by atoms with van der Waals surface area (Å²) in [6.45, 7) is 2.55. The largest absolute Gasteiger partial charge is 0.497 e. The first kappa shape index (κ1) is 19.8. The van der Waals surface area contributed by atoms with Crippen LogP contribution in [0.2, 0.25) is 0 Å². The van der Waals surface area contributed by atoms with Crippen molar-refractivity contribution < 1.29 is 13.2 Å². The van der Waals surface area contributed by atoms with E-state index in [-0.39, 0.29) is 4.90 Å². The maximum absolute atomic E-state index is 12.7. The van der Waals surface area contributed by atoms with Crippen molar-refractivity contribution in [1.82, 2.24) is 0 Å². The minimum atomic E-state index is -3.66. The molecule has 28 heavy (non-hydrogen) atoms. The van der Waals surface area contributed by atoms with Crippen molar-refractivity contribution in [2.75, 3.05) is 23.7 Å². The van der Waals surface area contributed by atoms with Gasteiger partial charge in [-0.25, -0.2) is 8.42 Å². The third-order valence-electron chi connectivity index (χ3n) is 4.39. The average Bonchev–Trinajstić information content (AvgIpc) is 2.69. The zero-order valence-electron chi connectivity index (χ0n) is 16.0. The van der Waals surface area contributed by atoms with Crippen molar-refractivity contribution >= 4 is 21.4 Å². The molecule has 0 spiro atoms. The van der Waals surface area contributed by atoms with E-state index in [1.807, 2.05) is 30.3 Å². The zero-order valence-corrected chi connectivity index (χ0v) is 16.8. The van der Waals surface area contributed by atoms with Gasteiger partial charge in [0.05, 0.1) is 12.0 Å². The van der Waals surface area contributed by atoms with E-state index in [0.717, 1.165) is 18.7 Å². The Morgan fingerprint density at radius 1 is 0.893 bits per heavy atom. The number of ether oxygens (including phenoxy) is 1. The Kier molecular flexibility index (Phi) is 6.21. The quantitative estimate of drug-likeness (QED) is 0.590. The van der Waals surface area contributed by atoms with E-state index < -0.39 is 10.0 Å². The molecule has 0 aliphatic heterocycles. The monoisotopic (exact) mass is 396 g/mol. The van der Waals surface area contributed by atoms with Crippen LogP contribution in [0, 0.1) is 6.92 Å². The third-order valence-corrected chi connectivity index (χ3v) is 5.94. The standard InChI is InChI=1S/C22H24N2O3S/c1-17-16-21(27-2)12-13-22(17)28(25,26)24-20-10-8-19(9-11-20)23-15-14-18-6-4-3-5-7-18/h3-13,16,23-24H,14-15H2,1-2H3. The Morgan fingerprint density at radius 3 is 2.21 bits per heavy atom. The Balaban J connectivity index is 1.61. The second kappa shape index (κ2) is 8.80. The molecule has 0 unspecified atom stereocenters. The van der Waals surface area contributed by atoms with Gasteiger partial charge in [0.2, 0.25) is 0 Å². The van der Waals surface area contributed by atoms with Gasteiger partial charge in [-0.2, -0.15) is 0 Å². The number of benzene rings is 3. The number of anilines is 2. The molecule has 6 heteroatoms. The molecule has 3 aromatic carbocycles. The summed E-state index contributed by atoms with van der Waals surface area (Å²) in [6, 6.07) is 22.4. The van der Waals surface area contributed by atoms with Crippen molar-refractivity contribution in [3.8, 4) is 5.75 Å². The molecule has 0 aromatic heterocycles. The summed E-state index contributed by atoms with van der Waals surface area (Å²) in [6.07, 6.45) is 0.923. The van der Waals surface area contributed by atoms with E-state index in [0.29, 0.717) is 17.0 Å². The SMILES string of the molecule is COc1ccc(S(=O)(=O)Nc2ccc(NCCc3ccccc3)cc2)c(C)c1. The molecule has 0 radical (unpaired) electrons. The highest BCUT2D eigenvalue weighted by Crippen LogP contribution is 2.24. The molecular formula is C22H24N2O3S. The number of sulfonamides is 1. The summed E-state index contributed by atoms with van der Waals surface area (Å²) in [5.41, 5.74) is 3.36. The van der Waals surface area contributed by atoms with Crippen LogP contribution in [0.1, 0.15) is 11.1 Å². The zero-order chi connectivity index (χ0) is 20.0. The first-order chi connectivity index (χ1) is 13.5. The van der Waals surface area contributed by atoms with Crippen molar-refractivity contribution in [1.29, 1.82) is 0 Å². The Hall–Kier alpha value is -2.99. The molecule has 0 bridgehead atoms. The molecule has 0 atom stereocenters. The molecule has 5 nitrogen and oxygen atoms in total. The summed E-state index contributed by atoms with van der Waals surface area (Å²) in [5.74, 6) is 0.627. The molecule has 2 N–H and O–H groups in total. The normalized spacial score (nSPS) is 11.1. The molecule has 3 aromatic rings. The van der Waals surface area contributed by atoms with E-state index in [4.69, 9.17) is 4.74 Å². The van der Waals surface area contributed by atoms with Gasteiger partial charge in [0.15, 0.2) is 0 Å². The molecule has 3 rings (SSSR count). The smallest absolute Gasteiger partial charge is 0.262 e. The van der Waals surface area contributed by atoms with Gasteiger partial charge in [0.1, 0.15) is 5.75 Å². The Labute approximate surface area is 166 Å². The van der Waals surface area contributed by atoms with Crippen molar-refractivity contribution in [3.05, 3.63) is 83.9 Å². The Bertz CT molecular complexity index is 1020. The fourth-order valence-corrected chi connectivity index (χ4v) is 4.20. The third kappa shape index (κ3) is 5.04. The van der Waals surface area contributed by atoms with Gasteiger partial charge in [-0.15, -0.1) is 0 Å². The van der Waals surface area contributed by atoms with Crippen LogP contribution >= 0.6 is 0 Å². The van der Waals surface area contributed by atoms with Crippen LogP contribution in [0.5, 0.6) is 5.75 Å². The van der Waals surface area contributed by atoms with Gasteiger partial charge in [0.25, 0.3) is 10.0 Å². The Morgan fingerprint density at radius 2 is 1.57 bits per heavy atom. The maximum Gasteiger partial charge on any atom is 0.262 e. The highest BCUT2D eigenvalue weighted by Gasteiger charge is 2.17. The fourth-order valence-electron chi connectivity index (χ4n) is 2.91. The lowest BCUT2D eigenvalue weighted by molar-refractivity contribution is 0.414. The number of hydrogen-bond donors (Lipinski definition) is 2. The van der Waals surface area contributed by atoms with E-state index in [1.165, 1.54) is 5.56 Å². The molecular weight excluding hydrogens is 372 g/mol. The topological polar surface area (TPSA) is 67.4 Å². The van der Waals surface area contributed by atoms with Crippen LogP contribution in [0.25, 0.3) is 0 Å². The summed E-state index contributed by atoms with van der Waals surface area (Å²) < 4.78 is 33.1. The van der Waals surface area contributed by atoms with Crippen LogP contribution in [0.15, 0.2) is 77.7 Å². The van der Waals surface area contributed by atoms with Gasteiger partial charge in [-0.1, -0.05) is 30.3 Å².